The molecular weight excluding hydrogens is 422 g/mol. The molecule has 0 N–H and O–H groups in total. The summed E-state index contributed by atoms with van der Waals surface area (Å²) in [6.45, 7) is 9.22. The molecule has 148 valence electrons. The van der Waals surface area contributed by atoms with Gasteiger partial charge in [0.05, 0.1) is 0 Å². The van der Waals surface area contributed by atoms with E-state index in [2.05, 4.69) is 13.8 Å². The van der Waals surface area contributed by atoms with Gasteiger partial charge in [0, 0.05) is 0 Å². The average Bonchev–Trinajstić information content (AvgIpc) is 2.61. The molecule has 1 aromatic rings. The maximum absolute atomic E-state index is 13.4. The van der Waals surface area contributed by atoms with E-state index in [1.165, 1.54) is 0 Å². The summed E-state index contributed by atoms with van der Waals surface area (Å²) in [7, 11) is -1.97. The molecule has 0 radical (unpaired) electrons. The van der Waals surface area contributed by atoms with Gasteiger partial charge >= 0.3 is 161 Å². The molecule has 2 rings (SSSR count). The zero-order valence-electron chi connectivity index (χ0n) is 16.0. The van der Waals surface area contributed by atoms with E-state index < -0.39 is 29.1 Å². The van der Waals surface area contributed by atoms with E-state index in [1.807, 2.05) is 0 Å². The first-order chi connectivity index (χ1) is 12.3. The minimum absolute atomic E-state index is 0.0618. The Morgan fingerprint density at radius 3 is 2.12 bits per heavy atom. The summed E-state index contributed by atoms with van der Waals surface area (Å²) in [5, 5.41) is 0. The van der Waals surface area contributed by atoms with Crippen LogP contribution in [0, 0.1) is 5.41 Å². The molecule has 1 aliphatic heterocycles. The molecule has 9 heteroatoms. The van der Waals surface area contributed by atoms with Crippen LogP contribution in [-0.2, 0) is 24.8 Å². The van der Waals surface area contributed by atoms with E-state index in [0.29, 0.717) is 24.5 Å². The van der Waals surface area contributed by atoms with Gasteiger partial charge in [0.15, 0.2) is 0 Å². The Hall–Kier alpha value is -0.392. The van der Waals surface area contributed by atoms with Gasteiger partial charge in [-0.1, -0.05) is 0 Å². The third-order valence-electron chi connectivity index (χ3n) is 3.61. The van der Waals surface area contributed by atoms with Crippen LogP contribution in [0.15, 0.2) is 24.3 Å². The number of ether oxygens (including phenoxy) is 1. The third-order valence-corrected chi connectivity index (χ3v) is 8.42. The summed E-state index contributed by atoms with van der Waals surface area (Å²) in [6.07, 6.45) is 0. The third kappa shape index (κ3) is 5.80. The number of benzene rings is 1. The van der Waals surface area contributed by atoms with Crippen molar-refractivity contribution >= 4 is 23.3 Å². The van der Waals surface area contributed by atoms with Crippen LogP contribution in [0.2, 0.25) is 0 Å². The number of hydrogen-bond acceptors (Lipinski definition) is 7. The summed E-state index contributed by atoms with van der Waals surface area (Å²) < 4.78 is 47.2. The Bertz CT molecular complexity index is 588. The first kappa shape index (κ1) is 21.9. The van der Waals surface area contributed by atoms with Crippen LogP contribution in [0.4, 0.5) is 0 Å². The molecule has 1 unspecified atom stereocenters. The van der Waals surface area contributed by atoms with Gasteiger partial charge in [-0.15, -0.1) is 0 Å². The number of rotatable bonds is 9. The van der Waals surface area contributed by atoms with Crippen LogP contribution in [0.5, 0.6) is 5.75 Å². The molecule has 0 aromatic heterocycles. The summed E-state index contributed by atoms with van der Waals surface area (Å²) in [5.41, 5.74) is 0.607. The molecule has 0 spiro atoms. The van der Waals surface area contributed by atoms with Crippen LogP contribution >= 0.6 is 7.60 Å². The number of hydrogen-bond donors (Lipinski definition) is 0. The van der Waals surface area contributed by atoms with Gasteiger partial charge in [-0.3, -0.25) is 0 Å². The van der Waals surface area contributed by atoms with Crippen LogP contribution in [-0.4, -0.2) is 49.2 Å². The van der Waals surface area contributed by atoms with E-state index in [-0.39, 0.29) is 18.6 Å². The second-order valence-corrected chi connectivity index (χ2v) is 11.1. The van der Waals surface area contributed by atoms with E-state index >= 15 is 0 Å². The second kappa shape index (κ2) is 9.70. The molecule has 0 aliphatic carbocycles. The summed E-state index contributed by atoms with van der Waals surface area (Å²) in [6, 6.07) is 7.14. The summed E-state index contributed by atoms with van der Waals surface area (Å²) in [5.74, 6) is -0.213. The van der Waals surface area contributed by atoms with Gasteiger partial charge in [-0.2, -0.15) is 0 Å². The fourth-order valence-corrected chi connectivity index (χ4v) is 8.04. The molecule has 1 heterocycles. The fourth-order valence-electron chi connectivity index (χ4n) is 2.28. The normalized spacial score (nSPS) is 19.3. The molecule has 0 amide bonds. The molecule has 7 nitrogen and oxygen atoms in total. The first-order valence-corrected chi connectivity index (χ1v) is 12.5. The van der Waals surface area contributed by atoms with E-state index in [4.69, 9.17) is 25.0 Å². The van der Waals surface area contributed by atoms with Gasteiger partial charge in [0.2, 0.25) is 0 Å². The van der Waals surface area contributed by atoms with E-state index in [0.717, 1.165) is 0 Å². The van der Waals surface area contributed by atoms with Gasteiger partial charge in [0.25, 0.3) is 0 Å². The van der Waals surface area contributed by atoms with Crippen molar-refractivity contribution in [1.29, 1.82) is 0 Å². The molecule has 1 aromatic carbocycles. The maximum atomic E-state index is 13.4. The van der Waals surface area contributed by atoms with Crippen molar-refractivity contribution in [1.82, 2.24) is 0 Å². The van der Waals surface area contributed by atoms with Crippen molar-refractivity contribution in [2.45, 2.75) is 33.5 Å². The van der Waals surface area contributed by atoms with Crippen molar-refractivity contribution in [3.63, 3.8) is 0 Å². The van der Waals surface area contributed by atoms with Crippen LogP contribution < -0.4 is 4.74 Å². The van der Waals surface area contributed by atoms with Gasteiger partial charge in [0.1, 0.15) is 0 Å². The quantitative estimate of drug-likeness (QED) is 0.416. The molecule has 1 fully saturated rings. The fraction of sp³-hybridized carbons (Fsp3) is 0.647. The Morgan fingerprint density at radius 2 is 1.65 bits per heavy atom. The van der Waals surface area contributed by atoms with Gasteiger partial charge in [-0.25, -0.2) is 0 Å². The zero-order chi connectivity index (χ0) is 19.2. The van der Waals surface area contributed by atoms with Crippen LogP contribution in [0.3, 0.4) is 0 Å². The van der Waals surface area contributed by atoms with Gasteiger partial charge < -0.3 is 0 Å². The first-order valence-electron chi connectivity index (χ1n) is 8.59. The molecule has 1 atom stereocenters. The molecule has 1 saturated heterocycles. The Labute approximate surface area is 161 Å². The Kier molecular flexibility index (Phi) is 8.17. The van der Waals surface area contributed by atoms with Crippen molar-refractivity contribution in [2.24, 2.45) is 5.41 Å². The van der Waals surface area contributed by atoms with Crippen molar-refractivity contribution in [3.8, 4) is 5.75 Å². The minimum atomic E-state index is -3.56. The Balaban J connectivity index is 2.26. The topological polar surface area (TPSA) is 72.5 Å². The molecule has 1 aliphatic rings. The van der Waals surface area contributed by atoms with Crippen LogP contribution in [0.25, 0.3) is 0 Å². The van der Waals surface area contributed by atoms with Gasteiger partial charge in [-0.05, 0) is 0 Å². The van der Waals surface area contributed by atoms with Crippen molar-refractivity contribution in [2.75, 3.05) is 33.5 Å². The molecule has 0 saturated carbocycles. The predicted octanol–water partition coefficient (Wildman–Crippen LogP) is 4.03. The summed E-state index contributed by atoms with van der Waals surface area (Å²) >= 11 is -2.55. The zero-order valence-corrected chi connectivity index (χ0v) is 18.7. The van der Waals surface area contributed by atoms with E-state index in [1.54, 1.807) is 45.2 Å². The van der Waals surface area contributed by atoms with Crippen LogP contribution in [0.1, 0.15) is 39.1 Å². The monoisotopic (exact) mass is 450 g/mol. The molecular formula is C17H28AsO7P. The Morgan fingerprint density at radius 1 is 1.12 bits per heavy atom. The molecule has 0 bridgehead atoms. The standard InChI is InChI=1S/C17H28AsO7P/c1-6-23-26(19,24-7-2)16(14-8-10-15(20-5)11-9-14)25-18-21-12-17(3,4)13-22-18/h8-11,16H,6-7,12-13H2,1-5H3. The number of methoxy groups -OCH3 is 1. The predicted molar refractivity (Wildman–Crippen MR) is 99.1 cm³/mol. The average molecular weight is 450 g/mol. The summed E-state index contributed by atoms with van der Waals surface area (Å²) in [4.78, 5) is 0. The van der Waals surface area contributed by atoms with E-state index in [9.17, 15) is 4.57 Å². The SMILES string of the molecule is CCOP(=O)(OCC)C(O[As]1OCC(C)(C)CO1)c1ccc(OC)cc1. The molecule has 26 heavy (non-hydrogen) atoms. The second-order valence-electron chi connectivity index (χ2n) is 6.54. The van der Waals surface area contributed by atoms with Crippen molar-refractivity contribution in [3.05, 3.63) is 29.8 Å². The van der Waals surface area contributed by atoms with Crippen molar-refractivity contribution < 1.29 is 29.5 Å².